The molecule has 1 heterocycles. The highest BCUT2D eigenvalue weighted by atomic mass is 16.6. The lowest BCUT2D eigenvalue weighted by atomic mass is 10.5. The molecule has 0 unspecified atom stereocenters. The van der Waals surface area contributed by atoms with Gasteiger partial charge < -0.3 is 5.32 Å². The Hall–Kier alpha value is -1.72. The molecule has 0 aliphatic carbocycles. The van der Waals surface area contributed by atoms with E-state index >= 15 is 0 Å². The number of nitro groups is 1. The van der Waals surface area contributed by atoms with Crippen LogP contribution in [0.15, 0.2) is 12.5 Å². The minimum Gasteiger partial charge on any atom is -0.367 e. The molecule has 0 amide bonds. The van der Waals surface area contributed by atoms with Crippen LogP contribution in [0.1, 0.15) is 0 Å². The van der Waals surface area contributed by atoms with Crippen LogP contribution in [0.5, 0.6) is 0 Å². The van der Waals surface area contributed by atoms with E-state index in [1.165, 1.54) is 6.33 Å². The summed E-state index contributed by atoms with van der Waals surface area (Å²) < 4.78 is 0. The van der Waals surface area contributed by atoms with Gasteiger partial charge in [0.15, 0.2) is 0 Å². The van der Waals surface area contributed by atoms with Crippen molar-refractivity contribution in [1.29, 1.82) is 0 Å². The van der Waals surface area contributed by atoms with Crippen molar-refractivity contribution in [1.82, 2.24) is 9.97 Å². The predicted octanol–water partition coefficient (Wildman–Crippen LogP) is 0.426. The molecule has 1 aromatic rings. The van der Waals surface area contributed by atoms with Crippen molar-refractivity contribution in [3.8, 4) is 0 Å². The SMILES string of the molecule is CNc1ncncc1[N+](=O)[O-]. The van der Waals surface area contributed by atoms with Gasteiger partial charge in [-0.1, -0.05) is 0 Å². The van der Waals surface area contributed by atoms with Gasteiger partial charge in [-0.2, -0.15) is 0 Å². The first-order valence-corrected chi connectivity index (χ1v) is 2.88. The summed E-state index contributed by atoms with van der Waals surface area (Å²) in [6, 6.07) is 0. The van der Waals surface area contributed by atoms with Crippen molar-refractivity contribution in [2.24, 2.45) is 0 Å². The zero-order chi connectivity index (χ0) is 8.27. The molecular weight excluding hydrogens is 148 g/mol. The number of nitrogens with zero attached hydrogens (tertiary/aromatic N) is 3. The lowest BCUT2D eigenvalue weighted by Gasteiger charge is -1.96. The van der Waals surface area contributed by atoms with Crippen LogP contribution in [-0.2, 0) is 0 Å². The smallest absolute Gasteiger partial charge is 0.329 e. The van der Waals surface area contributed by atoms with Gasteiger partial charge in [-0.05, 0) is 0 Å². The number of aromatic nitrogens is 2. The third-order valence-corrected chi connectivity index (χ3v) is 1.13. The van der Waals surface area contributed by atoms with Gasteiger partial charge in [0.2, 0.25) is 5.82 Å². The zero-order valence-corrected chi connectivity index (χ0v) is 5.81. The third kappa shape index (κ3) is 1.40. The highest BCUT2D eigenvalue weighted by Gasteiger charge is 2.12. The molecule has 0 atom stereocenters. The van der Waals surface area contributed by atoms with E-state index in [1.807, 2.05) is 0 Å². The molecule has 11 heavy (non-hydrogen) atoms. The van der Waals surface area contributed by atoms with Crippen molar-refractivity contribution in [2.75, 3.05) is 12.4 Å². The standard InChI is InChI=1S/C5H6N4O2/c1-6-5-4(9(10)11)2-7-3-8-5/h2-3H,1H3,(H,6,7,8). The number of hydrogen-bond donors (Lipinski definition) is 1. The van der Waals surface area contributed by atoms with Crippen LogP contribution >= 0.6 is 0 Å². The summed E-state index contributed by atoms with van der Waals surface area (Å²) in [4.78, 5) is 16.9. The first-order valence-electron chi connectivity index (χ1n) is 2.88. The van der Waals surface area contributed by atoms with Crippen LogP contribution in [0, 0.1) is 10.1 Å². The summed E-state index contributed by atoms with van der Waals surface area (Å²) in [7, 11) is 1.56. The van der Waals surface area contributed by atoms with Crippen LogP contribution < -0.4 is 5.32 Å². The van der Waals surface area contributed by atoms with Crippen molar-refractivity contribution < 1.29 is 4.92 Å². The molecule has 0 aromatic carbocycles. The molecule has 0 fully saturated rings. The molecular formula is C5H6N4O2. The maximum Gasteiger partial charge on any atom is 0.329 e. The molecule has 1 aromatic heterocycles. The molecule has 1 N–H and O–H groups in total. The highest BCUT2D eigenvalue weighted by Crippen LogP contribution is 2.17. The topological polar surface area (TPSA) is 81.0 Å². The molecule has 1 rings (SSSR count). The summed E-state index contributed by atoms with van der Waals surface area (Å²) in [5.41, 5.74) is -0.116. The van der Waals surface area contributed by atoms with Crippen molar-refractivity contribution in [2.45, 2.75) is 0 Å². The lowest BCUT2D eigenvalue weighted by molar-refractivity contribution is -0.384. The molecule has 0 spiro atoms. The summed E-state index contributed by atoms with van der Waals surface area (Å²) >= 11 is 0. The largest absolute Gasteiger partial charge is 0.367 e. The summed E-state index contributed by atoms with van der Waals surface area (Å²) in [6.45, 7) is 0. The third-order valence-electron chi connectivity index (χ3n) is 1.13. The van der Waals surface area contributed by atoms with Crippen LogP contribution in [0.3, 0.4) is 0 Å². The number of anilines is 1. The summed E-state index contributed by atoms with van der Waals surface area (Å²) in [5.74, 6) is 0.227. The minimum atomic E-state index is -0.536. The van der Waals surface area contributed by atoms with Crippen LogP contribution in [0.25, 0.3) is 0 Å². The van der Waals surface area contributed by atoms with E-state index < -0.39 is 4.92 Å². The first kappa shape index (κ1) is 7.39. The van der Waals surface area contributed by atoms with Gasteiger partial charge in [0.25, 0.3) is 0 Å². The Morgan fingerprint density at radius 3 is 2.91 bits per heavy atom. The molecule has 0 radical (unpaired) electrons. The Kier molecular flexibility index (Phi) is 1.95. The van der Waals surface area contributed by atoms with Gasteiger partial charge in [0.1, 0.15) is 12.5 Å². The zero-order valence-electron chi connectivity index (χ0n) is 5.81. The Morgan fingerprint density at radius 2 is 2.45 bits per heavy atom. The monoisotopic (exact) mass is 154 g/mol. The van der Waals surface area contributed by atoms with Crippen molar-refractivity contribution in [3.05, 3.63) is 22.6 Å². The summed E-state index contributed by atoms with van der Waals surface area (Å²) in [6.07, 6.45) is 2.40. The van der Waals surface area contributed by atoms with Gasteiger partial charge in [-0.15, -0.1) is 0 Å². The Morgan fingerprint density at radius 1 is 1.73 bits per heavy atom. The maximum atomic E-state index is 10.3. The van der Waals surface area contributed by atoms with Gasteiger partial charge in [-0.25, -0.2) is 9.97 Å². The molecule has 0 aliphatic heterocycles. The second-order valence-electron chi connectivity index (χ2n) is 1.76. The van der Waals surface area contributed by atoms with E-state index in [4.69, 9.17) is 0 Å². The van der Waals surface area contributed by atoms with E-state index in [0.717, 1.165) is 6.20 Å². The fraction of sp³-hybridized carbons (Fsp3) is 0.200. The minimum absolute atomic E-state index is 0.116. The van der Waals surface area contributed by atoms with Crippen molar-refractivity contribution >= 4 is 11.5 Å². The van der Waals surface area contributed by atoms with E-state index in [0.29, 0.717) is 0 Å². The predicted molar refractivity (Wildman–Crippen MR) is 38.2 cm³/mol. The van der Waals surface area contributed by atoms with Crippen molar-refractivity contribution in [3.63, 3.8) is 0 Å². The molecule has 6 heteroatoms. The fourth-order valence-corrected chi connectivity index (χ4v) is 0.649. The Labute approximate surface area is 62.4 Å². The average molecular weight is 154 g/mol. The Bertz CT molecular complexity index is 275. The van der Waals surface area contributed by atoms with E-state index in [9.17, 15) is 10.1 Å². The van der Waals surface area contributed by atoms with Gasteiger partial charge >= 0.3 is 5.69 Å². The summed E-state index contributed by atoms with van der Waals surface area (Å²) in [5, 5.41) is 12.9. The average Bonchev–Trinajstić information content (AvgIpc) is 2.04. The molecule has 0 bridgehead atoms. The first-order chi connectivity index (χ1) is 5.25. The van der Waals surface area contributed by atoms with Crippen LogP contribution in [-0.4, -0.2) is 21.9 Å². The number of rotatable bonds is 2. The fourth-order valence-electron chi connectivity index (χ4n) is 0.649. The second kappa shape index (κ2) is 2.91. The van der Waals surface area contributed by atoms with E-state index in [-0.39, 0.29) is 11.5 Å². The highest BCUT2D eigenvalue weighted by molar-refractivity contribution is 5.52. The lowest BCUT2D eigenvalue weighted by Crippen LogP contribution is -1.99. The molecule has 58 valence electrons. The van der Waals surface area contributed by atoms with Crippen LogP contribution in [0.2, 0.25) is 0 Å². The molecule has 0 aliphatic rings. The Balaban J connectivity index is 3.12. The number of nitrogens with one attached hydrogen (secondary N) is 1. The molecule has 0 saturated heterocycles. The quantitative estimate of drug-likeness (QED) is 0.493. The second-order valence-corrected chi connectivity index (χ2v) is 1.76. The van der Waals surface area contributed by atoms with Gasteiger partial charge in [-0.3, -0.25) is 10.1 Å². The molecule has 0 saturated carbocycles. The van der Waals surface area contributed by atoms with E-state index in [1.54, 1.807) is 7.05 Å². The number of hydrogen-bond acceptors (Lipinski definition) is 5. The normalized spacial score (nSPS) is 9.18. The van der Waals surface area contributed by atoms with Gasteiger partial charge in [0.05, 0.1) is 4.92 Å². The van der Waals surface area contributed by atoms with Gasteiger partial charge in [0, 0.05) is 7.05 Å². The van der Waals surface area contributed by atoms with Crippen LogP contribution in [0.4, 0.5) is 11.5 Å². The maximum absolute atomic E-state index is 10.3. The van der Waals surface area contributed by atoms with E-state index in [2.05, 4.69) is 15.3 Å². The molecule has 6 nitrogen and oxygen atoms in total.